The maximum Gasteiger partial charge on any atom is 2.00 e. The minimum atomic E-state index is 0. The van der Waals surface area contributed by atoms with E-state index in [1.165, 1.54) is 23.5 Å². The number of aromatic nitrogens is 2. The molecular weight excluding hydrogens is 1100 g/mol. The second kappa shape index (κ2) is 27.3. The predicted octanol–water partition coefficient (Wildman–Crippen LogP) is 17.0. The first-order valence-corrected chi connectivity index (χ1v) is 27.9. The van der Waals surface area contributed by atoms with Crippen molar-refractivity contribution >= 4 is 74.3 Å². The standard InChI is InChI=1S/C35H29N4OS2.C29H17N4OS2.Ni/c1-22(2)28-17-24(20-36)18-29(23(3)4)33(28)40-34(30-15-16-32(38-30)41-26-11-7-5-8-12-26)31-19-25(21-37)35(39-31)42-27-13-9-6-10-14-27;1-31-26-18-25(33-29(26)36-23-10-6-3-7-11-23)28(34-21-14-12-20(19-30)13-15-21)24-16-17-27(32-24)35-22-8-4-2-5-9-22;/h5-19,22-23H,1-4H3;2-18H;/q2*-1;+2/b34-31+;28-24+;. The van der Waals surface area contributed by atoms with E-state index in [9.17, 15) is 10.5 Å². The molecule has 0 saturated heterocycles. The van der Waals surface area contributed by atoms with Gasteiger partial charge in [-0.2, -0.15) is 15.8 Å². The fraction of sp³-hybridized carbons (Fsp3) is 0.0938. The Morgan fingerprint density at radius 3 is 1.63 bits per heavy atom. The monoisotopic (exact) mass is 1140 g/mol. The number of nitrogens with zero attached hydrogens (tertiary/aromatic N) is 8. The van der Waals surface area contributed by atoms with Crippen LogP contribution in [0.1, 0.15) is 73.2 Å². The maximum absolute atomic E-state index is 10.0. The third-order valence-electron chi connectivity index (χ3n) is 11.6. The first-order valence-electron chi connectivity index (χ1n) is 24.6. The van der Waals surface area contributed by atoms with Crippen molar-refractivity contribution in [1.82, 2.24) is 9.97 Å². The molecule has 0 amide bonds. The third kappa shape index (κ3) is 14.6. The molecule has 0 fully saturated rings. The number of allylic oxidation sites excluding steroid dienone is 2. The van der Waals surface area contributed by atoms with Crippen LogP contribution in [-0.4, -0.2) is 10.1 Å². The van der Waals surface area contributed by atoms with Crippen molar-refractivity contribution in [3.63, 3.8) is 0 Å². The van der Waals surface area contributed by atoms with E-state index in [0.717, 1.165) is 40.8 Å². The van der Waals surface area contributed by atoms with E-state index in [1.807, 2.05) is 158 Å². The fourth-order valence-electron chi connectivity index (χ4n) is 7.81. The largest absolute Gasteiger partial charge is 2.00 e. The zero-order valence-corrected chi connectivity index (χ0v) is 47.2. The van der Waals surface area contributed by atoms with Crippen LogP contribution >= 0.6 is 47.0 Å². The van der Waals surface area contributed by atoms with Crippen LogP contribution in [0.25, 0.3) is 16.4 Å². The van der Waals surface area contributed by atoms with Gasteiger partial charge in [0, 0.05) is 19.6 Å². The van der Waals surface area contributed by atoms with Gasteiger partial charge in [-0.15, -0.1) is 29.2 Å². The number of hydrogen-bond donors (Lipinski definition) is 0. The number of aliphatic imine (C=N–C) groups is 2. The fourth-order valence-corrected chi connectivity index (χ4v) is 11.2. The minimum absolute atomic E-state index is 0. The van der Waals surface area contributed by atoms with Gasteiger partial charge in [0.15, 0.2) is 5.69 Å². The van der Waals surface area contributed by atoms with E-state index in [0.29, 0.717) is 78.3 Å². The van der Waals surface area contributed by atoms with Crippen LogP contribution < -0.4 is 19.4 Å². The molecule has 79 heavy (non-hydrogen) atoms. The van der Waals surface area contributed by atoms with Gasteiger partial charge in [0.05, 0.1) is 35.4 Å². The van der Waals surface area contributed by atoms with Crippen LogP contribution in [-0.2, 0) is 16.5 Å². The molecule has 10 rings (SSSR count). The summed E-state index contributed by atoms with van der Waals surface area (Å²) < 4.78 is 13.1. The van der Waals surface area contributed by atoms with Gasteiger partial charge in [-0.3, -0.25) is 0 Å². The predicted molar refractivity (Wildman–Crippen MR) is 315 cm³/mol. The van der Waals surface area contributed by atoms with Gasteiger partial charge in [-0.05, 0) is 126 Å². The number of rotatable bonds is 14. The molecule has 0 radical (unpaired) electrons. The van der Waals surface area contributed by atoms with Gasteiger partial charge in [0.1, 0.15) is 50.6 Å². The van der Waals surface area contributed by atoms with Crippen molar-refractivity contribution < 1.29 is 26.0 Å². The topological polar surface area (TPSA) is 147 Å². The van der Waals surface area contributed by atoms with E-state index in [2.05, 4.69) is 50.7 Å². The molecule has 0 unspecified atom stereocenters. The van der Waals surface area contributed by atoms with E-state index in [1.54, 1.807) is 59.9 Å². The molecule has 15 heteroatoms. The van der Waals surface area contributed by atoms with Crippen LogP contribution in [0.15, 0.2) is 251 Å². The van der Waals surface area contributed by atoms with E-state index in [-0.39, 0.29) is 28.3 Å². The number of nitriles is 3. The van der Waals surface area contributed by atoms with Gasteiger partial charge < -0.3 is 19.4 Å². The third-order valence-corrected chi connectivity index (χ3v) is 15.5. The van der Waals surface area contributed by atoms with Crippen LogP contribution in [0.4, 0.5) is 5.69 Å². The van der Waals surface area contributed by atoms with E-state index in [4.69, 9.17) is 41.3 Å². The van der Waals surface area contributed by atoms with Gasteiger partial charge in [0.25, 0.3) is 0 Å². The van der Waals surface area contributed by atoms with Gasteiger partial charge in [-0.1, -0.05) is 158 Å². The summed E-state index contributed by atoms with van der Waals surface area (Å²) in [5.41, 5.74) is 6.24. The molecule has 0 atom stereocenters. The minimum Gasteiger partial charge on any atom is -0.660 e. The first-order chi connectivity index (χ1) is 38.1. The average molecular weight is 1150 g/mol. The van der Waals surface area contributed by atoms with E-state index < -0.39 is 0 Å². The zero-order valence-electron chi connectivity index (χ0n) is 43.0. The van der Waals surface area contributed by atoms with Crippen molar-refractivity contribution in [1.29, 1.82) is 15.8 Å². The SMILES string of the molecule is CC(C)c1cc(C#N)cc(C(C)C)c1O/C(=C1\C=C(C#N)C(Sc2ccccc2)=N1)c1ccc(Sc2ccccc2)[n-]1.[C-]#[N+]c1cc(/C(Oc2ccc(C#N)cc2)=C2/C=CC(Sc3ccccc3)=N2)[n-]c1Sc1ccccc1.[Ni+2]. The summed E-state index contributed by atoms with van der Waals surface area (Å²) in [6.45, 7) is 16.0. The summed E-state index contributed by atoms with van der Waals surface area (Å²) in [5, 5.41) is 31.7. The quantitative estimate of drug-likeness (QED) is 0.0582. The van der Waals surface area contributed by atoms with Gasteiger partial charge >= 0.3 is 16.5 Å². The van der Waals surface area contributed by atoms with Crippen molar-refractivity contribution in [2.75, 3.05) is 0 Å². The molecule has 0 N–H and O–H groups in total. The Hall–Kier alpha value is -8.37. The maximum atomic E-state index is 10.0. The number of hydrogen-bond acceptors (Lipinski definition) is 11. The van der Waals surface area contributed by atoms with Gasteiger partial charge in [0.2, 0.25) is 0 Å². The molecule has 0 spiro atoms. The summed E-state index contributed by atoms with van der Waals surface area (Å²) in [6, 6.07) is 62.8. The second-order valence-corrected chi connectivity index (χ2v) is 22.1. The Balaban J connectivity index is 0.000000208. The first kappa shape index (κ1) is 56.8. The molecule has 2 aliphatic rings. The van der Waals surface area contributed by atoms with Crippen LogP contribution in [0, 0.1) is 40.6 Å². The summed E-state index contributed by atoms with van der Waals surface area (Å²) in [5.74, 6) is 2.39. The van der Waals surface area contributed by atoms with Crippen LogP contribution in [0.2, 0.25) is 0 Å². The molecule has 2 aliphatic heterocycles. The number of benzene rings is 6. The van der Waals surface area contributed by atoms with Crippen molar-refractivity contribution in [2.45, 2.75) is 69.2 Å². The molecule has 0 saturated carbocycles. The summed E-state index contributed by atoms with van der Waals surface area (Å²) in [6.07, 6.45) is 5.60. The second-order valence-electron chi connectivity index (χ2n) is 17.8. The van der Waals surface area contributed by atoms with Crippen LogP contribution in [0.3, 0.4) is 0 Å². The van der Waals surface area contributed by atoms with E-state index >= 15 is 0 Å². The van der Waals surface area contributed by atoms with Crippen molar-refractivity contribution in [3.8, 4) is 29.7 Å². The molecular formula is C64H46N8NiO2S4. The van der Waals surface area contributed by atoms with Crippen molar-refractivity contribution in [3.05, 3.63) is 256 Å². The molecule has 0 aliphatic carbocycles. The smallest absolute Gasteiger partial charge is 0.660 e. The zero-order chi connectivity index (χ0) is 54.4. The molecule has 0 bridgehead atoms. The molecule has 8 aromatic rings. The van der Waals surface area contributed by atoms with Crippen LogP contribution in [0.5, 0.6) is 11.5 Å². The molecule has 388 valence electrons. The van der Waals surface area contributed by atoms with Gasteiger partial charge in [-0.25, -0.2) is 14.8 Å². The Labute approximate surface area is 487 Å². The Bertz CT molecular complexity index is 3810. The molecule has 10 nitrogen and oxygen atoms in total. The Kier molecular flexibility index (Phi) is 19.6. The summed E-state index contributed by atoms with van der Waals surface area (Å²) in [4.78, 5) is 27.2. The normalized spacial score (nSPS) is 13.6. The molecule has 2 aromatic heterocycles. The number of thioether (sulfide) groups is 2. The Morgan fingerprint density at radius 2 is 1.09 bits per heavy atom. The summed E-state index contributed by atoms with van der Waals surface area (Å²) >= 11 is 6.01. The Morgan fingerprint density at radius 1 is 0.544 bits per heavy atom. The van der Waals surface area contributed by atoms with Crippen molar-refractivity contribution in [2.24, 2.45) is 9.98 Å². The average Bonchev–Trinajstić information content (AvgIpc) is 4.35. The summed E-state index contributed by atoms with van der Waals surface area (Å²) in [7, 11) is 0. The molecule has 6 aromatic carbocycles. The number of ether oxygens (including phenoxy) is 2. The molecule has 4 heterocycles.